The van der Waals surface area contributed by atoms with E-state index in [9.17, 15) is 14.4 Å². The van der Waals surface area contributed by atoms with Crippen molar-refractivity contribution in [3.63, 3.8) is 0 Å². The molecule has 0 unspecified atom stereocenters. The Labute approximate surface area is 168 Å². The molecule has 7 nitrogen and oxygen atoms in total. The highest BCUT2D eigenvalue weighted by molar-refractivity contribution is 6.31. The maximum absolute atomic E-state index is 13.4. The second-order valence-corrected chi connectivity index (χ2v) is 8.73. The van der Waals surface area contributed by atoms with Crippen molar-refractivity contribution < 1.29 is 24.4 Å². The van der Waals surface area contributed by atoms with Gasteiger partial charge in [-0.3, -0.25) is 19.3 Å². The Morgan fingerprint density at radius 2 is 2.04 bits per heavy atom. The molecule has 1 aromatic carbocycles. The fourth-order valence-electron chi connectivity index (χ4n) is 5.16. The van der Waals surface area contributed by atoms with Crippen LogP contribution in [0.15, 0.2) is 18.2 Å². The van der Waals surface area contributed by atoms with E-state index in [1.54, 1.807) is 18.2 Å². The molecule has 8 heteroatoms. The first-order valence-corrected chi connectivity index (χ1v) is 10.0. The maximum Gasteiger partial charge on any atom is 0.291 e. The summed E-state index contributed by atoms with van der Waals surface area (Å²) in [5.41, 5.74) is 0.199. The summed E-state index contributed by atoms with van der Waals surface area (Å²) >= 11 is 6.23. The predicted octanol–water partition coefficient (Wildman–Crippen LogP) is 0.727. The van der Waals surface area contributed by atoms with Gasteiger partial charge in [0.15, 0.2) is 0 Å². The van der Waals surface area contributed by atoms with Crippen LogP contribution in [0.1, 0.15) is 25.8 Å². The lowest BCUT2D eigenvalue weighted by Gasteiger charge is -2.26. The third-order valence-corrected chi connectivity index (χ3v) is 6.42. The van der Waals surface area contributed by atoms with Crippen LogP contribution >= 0.6 is 11.6 Å². The van der Waals surface area contributed by atoms with Gasteiger partial charge in [0.1, 0.15) is 17.9 Å². The molecule has 3 aliphatic rings. The zero-order chi connectivity index (χ0) is 20.2. The number of quaternary nitrogens is 1. The molecule has 1 aromatic rings. The topological polar surface area (TPSA) is 92.3 Å². The van der Waals surface area contributed by atoms with Gasteiger partial charge in [0.05, 0.1) is 18.8 Å². The molecular formula is C20H25ClN3O4+. The van der Waals surface area contributed by atoms with Gasteiger partial charge in [-0.2, -0.15) is 0 Å². The molecular weight excluding hydrogens is 382 g/mol. The van der Waals surface area contributed by atoms with Crippen LogP contribution in [-0.4, -0.2) is 48.9 Å². The molecule has 3 N–H and O–H groups in total. The van der Waals surface area contributed by atoms with E-state index in [2.05, 4.69) is 19.2 Å². The van der Waals surface area contributed by atoms with Crippen molar-refractivity contribution >= 4 is 35.0 Å². The number of rotatable bonds is 5. The lowest BCUT2D eigenvalue weighted by atomic mass is 9.76. The second-order valence-electron chi connectivity index (χ2n) is 8.30. The number of carbonyl (C=O) groups is 3. The molecule has 1 spiro atoms. The SMILES string of the molecule is COCCN1C(=O)[C@@H]2[C@H](CC(C)C)[NH2+][C@@]3(C(=O)Nc4ccc(Cl)cc43)[C@@H]2C1=O. The minimum atomic E-state index is -1.15. The van der Waals surface area contributed by atoms with Gasteiger partial charge < -0.3 is 15.4 Å². The number of likely N-dealkylation sites (tertiary alicyclic amines) is 1. The molecule has 3 heterocycles. The highest BCUT2D eigenvalue weighted by atomic mass is 35.5. The molecule has 4 rings (SSSR count). The predicted molar refractivity (Wildman–Crippen MR) is 103 cm³/mol. The van der Waals surface area contributed by atoms with E-state index >= 15 is 0 Å². The Morgan fingerprint density at radius 1 is 1.29 bits per heavy atom. The van der Waals surface area contributed by atoms with Crippen LogP contribution in [0.5, 0.6) is 0 Å². The smallest absolute Gasteiger partial charge is 0.291 e. The van der Waals surface area contributed by atoms with Gasteiger partial charge in [0, 0.05) is 24.1 Å². The Kier molecular flexibility index (Phi) is 4.72. The standard InChI is InChI=1S/C20H24ClN3O4/c1-10(2)8-14-15-16(18(26)24(17(15)25)6-7-28-3)20(23-14)12-9-11(21)4-5-13(12)22-19(20)27/h4-5,9-10,14-16,23H,6-8H2,1-3H3,(H,22,27)/p+1/t14-,15+,16-,20+/m0/s1. The number of carbonyl (C=O) groups excluding carboxylic acids is 3. The van der Waals surface area contributed by atoms with Crippen LogP contribution in [0, 0.1) is 17.8 Å². The summed E-state index contributed by atoms with van der Waals surface area (Å²) in [5.74, 6) is -1.67. The average Bonchev–Trinajstić information content (AvgIpc) is 3.19. The lowest BCUT2D eigenvalue weighted by Crippen LogP contribution is -2.99. The first-order chi connectivity index (χ1) is 13.3. The highest BCUT2D eigenvalue weighted by Gasteiger charge is 2.74. The Morgan fingerprint density at radius 3 is 2.71 bits per heavy atom. The molecule has 2 saturated heterocycles. The Bertz CT molecular complexity index is 858. The Balaban J connectivity index is 1.84. The van der Waals surface area contributed by atoms with Crippen LogP contribution in [0.4, 0.5) is 5.69 Å². The molecule has 0 radical (unpaired) electrons. The first-order valence-electron chi connectivity index (χ1n) is 9.63. The van der Waals surface area contributed by atoms with E-state index in [-0.39, 0.29) is 36.9 Å². The van der Waals surface area contributed by atoms with Crippen molar-refractivity contribution in [2.75, 3.05) is 25.6 Å². The molecule has 0 bridgehead atoms. The summed E-state index contributed by atoms with van der Waals surface area (Å²) in [6.07, 6.45) is 0.739. The zero-order valence-electron chi connectivity index (χ0n) is 16.2. The summed E-state index contributed by atoms with van der Waals surface area (Å²) in [6, 6.07) is 5.07. The van der Waals surface area contributed by atoms with E-state index in [4.69, 9.17) is 16.3 Å². The third kappa shape index (κ3) is 2.60. The van der Waals surface area contributed by atoms with Crippen molar-refractivity contribution in [1.82, 2.24) is 4.90 Å². The number of hydrogen-bond acceptors (Lipinski definition) is 4. The number of methoxy groups -OCH3 is 1. The van der Waals surface area contributed by atoms with Crippen molar-refractivity contribution in [2.45, 2.75) is 31.8 Å². The van der Waals surface area contributed by atoms with Crippen molar-refractivity contribution in [2.24, 2.45) is 17.8 Å². The van der Waals surface area contributed by atoms with Crippen molar-refractivity contribution in [3.05, 3.63) is 28.8 Å². The van der Waals surface area contributed by atoms with Gasteiger partial charge in [0.25, 0.3) is 5.91 Å². The van der Waals surface area contributed by atoms with E-state index in [0.717, 1.165) is 6.42 Å². The summed E-state index contributed by atoms with van der Waals surface area (Å²) in [6.45, 7) is 4.64. The third-order valence-electron chi connectivity index (χ3n) is 6.18. The van der Waals surface area contributed by atoms with Gasteiger partial charge in [-0.25, -0.2) is 0 Å². The van der Waals surface area contributed by atoms with Crippen molar-refractivity contribution in [3.8, 4) is 0 Å². The van der Waals surface area contributed by atoms with Crippen LogP contribution in [0.2, 0.25) is 5.02 Å². The molecule has 150 valence electrons. The number of nitrogens with zero attached hydrogens (tertiary/aromatic N) is 1. The molecule has 28 heavy (non-hydrogen) atoms. The Hall–Kier alpha value is -1.96. The molecule has 3 amide bonds. The molecule has 0 saturated carbocycles. The van der Waals surface area contributed by atoms with Gasteiger partial charge in [-0.1, -0.05) is 25.4 Å². The average molecular weight is 407 g/mol. The van der Waals surface area contributed by atoms with Gasteiger partial charge in [-0.05, 0) is 24.1 Å². The summed E-state index contributed by atoms with van der Waals surface area (Å²) < 4.78 is 5.07. The van der Waals surface area contributed by atoms with Crippen LogP contribution in [0.3, 0.4) is 0 Å². The molecule has 0 aliphatic carbocycles. The lowest BCUT2D eigenvalue weighted by molar-refractivity contribution is -0.734. The number of hydrogen-bond donors (Lipinski definition) is 2. The number of ether oxygens (including phenoxy) is 1. The molecule has 3 aliphatic heterocycles. The monoisotopic (exact) mass is 406 g/mol. The number of amides is 3. The number of nitrogens with two attached hydrogens (primary N) is 1. The van der Waals surface area contributed by atoms with Gasteiger partial charge >= 0.3 is 0 Å². The normalized spacial score (nSPS) is 31.1. The van der Waals surface area contributed by atoms with Gasteiger partial charge in [0.2, 0.25) is 17.4 Å². The first kappa shape index (κ1) is 19.4. The second kappa shape index (κ2) is 6.83. The van der Waals surface area contributed by atoms with E-state index in [1.807, 2.05) is 5.32 Å². The maximum atomic E-state index is 13.4. The zero-order valence-corrected chi connectivity index (χ0v) is 17.0. The molecule has 2 fully saturated rings. The van der Waals surface area contributed by atoms with E-state index < -0.39 is 17.4 Å². The van der Waals surface area contributed by atoms with E-state index in [1.165, 1.54) is 12.0 Å². The summed E-state index contributed by atoms with van der Waals surface area (Å²) in [7, 11) is 1.53. The molecule has 4 atom stereocenters. The number of anilines is 1. The van der Waals surface area contributed by atoms with Gasteiger partial charge in [-0.15, -0.1) is 0 Å². The fraction of sp³-hybridized carbons (Fsp3) is 0.550. The quantitative estimate of drug-likeness (QED) is 0.705. The van der Waals surface area contributed by atoms with Crippen LogP contribution in [0.25, 0.3) is 0 Å². The number of nitrogens with one attached hydrogen (secondary N) is 1. The van der Waals surface area contributed by atoms with Crippen molar-refractivity contribution in [1.29, 1.82) is 0 Å². The van der Waals surface area contributed by atoms with Crippen LogP contribution < -0.4 is 10.6 Å². The minimum Gasteiger partial charge on any atom is -0.383 e. The van der Waals surface area contributed by atoms with E-state index in [0.29, 0.717) is 22.2 Å². The number of fused-ring (bicyclic) bond motifs is 4. The summed E-state index contributed by atoms with van der Waals surface area (Å²) in [4.78, 5) is 41.0. The fourth-order valence-corrected chi connectivity index (χ4v) is 5.33. The molecule has 0 aromatic heterocycles. The number of halogens is 1. The highest BCUT2D eigenvalue weighted by Crippen LogP contribution is 2.50. The van der Waals surface area contributed by atoms with Crippen LogP contribution in [-0.2, 0) is 24.7 Å². The number of imide groups is 1. The minimum absolute atomic E-state index is 0.148. The summed E-state index contributed by atoms with van der Waals surface area (Å²) in [5, 5.41) is 5.35. The largest absolute Gasteiger partial charge is 0.383 e. The number of benzene rings is 1.